The van der Waals surface area contributed by atoms with Gasteiger partial charge in [-0.3, -0.25) is 10.1 Å². The molecule has 8 nitrogen and oxygen atoms in total. The summed E-state index contributed by atoms with van der Waals surface area (Å²) in [4.78, 5) is 29.4. The molecule has 2 aromatic carbocycles. The molecule has 4 rings (SSSR count). The number of nitrogens with one attached hydrogen (secondary N) is 1. The number of hydrogen-bond acceptors (Lipinski definition) is 6. The summed E-state index contributed by atoms with van der Waals surface area (Å²) in [6.45, 7) is 0. The van der Waals surface area contributed by atoms with Crippen molar-refractivity contribution in [2.75, 3.05) is 12.9 Å². The smallest absolute Gasteiger partial charge is 0.232 e. The molecule has 0 atom stereocenters. The summed E-state index contributed by atoms with van der Waals surface area (Å²) in [5, 5.41) is 2.62. The first-order valence-corrected chi connectivity index (χ1v) is 10.8. The van der Waals surface area contributed by atoms with Crippen LogP contribution in [0, 0.1) is 0 Å². The Morgan fingerprint density at radius 2 is 2.07 bits per heavy atom. The predicted molar refractivity (Wildman–Crippen MR) is 122 cm³/mol. The summed E-state index contributed by atoms with van der Waals surface area (Å²) >= 11 is 3.17. The summed E-state index contributed by atoms with van der Waals surface area (Å²) in [6, 6.07) is 15.0. The summed E-state index contributed by atoms with van der Waals surface area (Å²) < 4.78 is 7.18. The van der Waals surface area contributed by atoms with Crippen molar-refractivity contribution in [1.82, 2.24) is 10.3 Å². The number of nitrogens with two attached hydrogens (primary N) is 1. The normalized spacial score (nSPS) is 15.9. The SMILES string of the molecule is COc1ccc(N=C(N)N=C2N=C(CSc3nc4ccccc4s3)CC(=O)N2)cc1. The number of ether oxygens (including phenoxy) is 1. The number of fused-ring (bicyclic) bond motifs is 1. The Hall–Kier alpha value is -3.24. The van der Waals surface area contributed by atoms with E-state index in [4.69, 9.17) is 10.5 Å². The molecule has 1 aliphatic heterocycles. The monoisotopic (exact) mass is 438 g/mol. The first kappa shape index (κ1) is 20.0. The molecule has 2 heterocycles. The highest BCUT2D eigenvalue weighted by Crippen LogP contribution is 2.29. The van der Waals surface area contributed by atoms with E-state index in [1.807, 2.05) is 24.3 Å². The fourth-order valence-electron chi connectivity index (χ4n) is 2.69. The third-order valence-corrected chi connectivity index (χ3v) is 6.30. The van der Waals surface area contributed by atoms with Gasteiger partial charge in [0.25, 0.3) is 0 Å². The van der Waals surface area contributed by atoms with Gasteiger partial charge in [-0.1, -0.05) is 23.9 Å². The fourth-order valence-corrected chi connectivity index (χ4v) is 4.69. The van der Waals surface area contributed by atoms with Crippen LogP contribution in [0.2, 0.25) is 0 Å². The number of rotatable bonds is 5. The lowest BCUT2D eigenvalue weighted by atomic mass is 10.2. The zero-order valence-electron chi connectivity index (χ0n) is 16.0. The third-order valence-electron chi connectivity index (χ3n) is 4.05. The fraction of sp³-hybridized carbons (Fsp3) is 0.150. The molecular weight excluding hydrogens is 420 g/mol. The van der Waals surface area contributed by atoms with Crippen LogP contribution in [0.3, 0.4) is 0 Å². The molecular formula is C20H18N6O2S2. The number of methoxy groups -OCH3 is 1. The van der Waals surface area contributed by atoms with E-state index in [1.165, 1.54) is 0 Å². The molecule has 1 amide bonds. The van der Waals surface area contributed by atoms with Crippen LogP contribution in [0.5, 0.6) is 5.75 Å². The number of thioether (sulfide) groups is 1. The van der Waals surface area contributed by atoms with E-state index < -0.39 is 0 Å². The van der Waals surface area contributed by atoms with Gasteiger partial charge in [0.1, 0.15) is 5.75 Å². The van der Waals surface area contributed by atoms with E-state index in [-0.39, 0.29) is 24.2 Å². The standard InChI is InChI=1S/C20H18N6O2S2/c1-28-14-8-6-12(7-9-14)22-18(21)26-19-23-13(10-17(27)25-19)11-29-20-24-15-4-2-3-5-16(15)30-20/h2-9H,10-11H2,1H3,(H3,21,22,25,26,27). The van der Waals surface area contributed by atoms with Crippen molar-refractivity contribution < 1.29 is 9.53 Å². The van der Waals surface area contributed by atoms with Crippen LogP contribution in [0.15, 0.2) is 67.8 Å². The molecule has 30 heavy (non-hydrogen) atoms. The molecule has 0 radical (unpaired) electrons. The van der Waals surface area contributed by atoms with Crippen LogP contribution in [0.1, 0.15) is 6.42 Å². The number of nitrogens with zero attached hydrogens (tertiary/aromatic N) is 4. The van der Waals surface area contributed by atoms with Gasteiger partial charge in [-0.15, -0.1) is 11.3 Å². The lowest BCUT2D eigenvalue weighted by Crippen LogP contribution is -2.37. The molecule has 0 saturated heterocycles. The molecule has 0 unspecified atom stereocenters. The number of aliphatic imine (C=N–C) groups is 3. The zero-order valence-corrected chi connectivity index (χ0v) is 17.7. The summed E-state index contributed by atoms with van der Waals surface area (Å²) in [5.41, 5.74) is 8.20. The van der Waals surface area contributed by atoms with Crippen LogP contribution < -0.4 is 15.8 Å². The van der Waals surface area contributed by atoms with Gasteiger partial charge >= 0.3 is 0 Å². The van der Waals surface area contributed by atoms with E-state index in [1.54, 1.807) is 54.5 Å². The Bertz CT molecular complexity index is 1130. The van der Waals surface area contributed by atoms with Crippen molar-refractivity contribution in [3.05, 3.63) is 48.5 Å². The Morgan fingerprint density at radius 3 is 2.83 bits per heavy atom. The van der Waals surface area contributed by atoms with E-state index in [0.717, 1.165) is 20.3 Å². The van der Waals surface area contributed by atoms with Gasteiger partial charge in [0.2, 0.25) is 17.8 Å². The topological polar surface area (TPSA) is 114 Å². The Kier molecular flexibility index (Phi) is 6.05. The predicted octanol–water partition coefficient (Wildman–Crippen LogP) is 3.36. The largest absolute Gasteiger partial charge is 0.497 e. The molecule has 1 aliphatic rings. The highest BCUT2D eigenvalue weighted by Gasteiger charge is 2.18. The number of amides is 1. The second-order valence-electron chi connectivity index (χ2n) is 6.24. The van der Waals surface area contributed by atoms with E-state index in [9.17, 15) is 4.79 Å². The highest BCUT2D eigenvalue weighted by molar-refractivity contribution is 8.01. The van der Waals surface area contributed by atoms with Crippen molar-refractivity contribution in [3.8, 4) is 5.75 Å². The minimum atomic E-state index is -0.180. The maximum atomic E-state index is 12.1. The van der Waals surface area contributed by atoms with E-state index in [2.05, 4.69) is 25.3 Å². The first-order chi connectivity index (χ1) is 14.6. The average molecular weight is 439 g/mol. The molecule has 152 valence electrons. The van der Waals surface area contributed by atoms with Crippen LogP contribution in [0.4, 0.5) is 5.69 Å². The number of guanidine groups is 2. The molecule has 1 aromatic heterocycles. The molecule has 3 aromatic rings. The summed E-state index contributed by atoms with van der Waals surface area (Å²) in [5.74, 6) is 1.22. The third kappa shape index (κ3) is 5.02. The zero-order chi connectivity index (χ0) is 20.9. The maximum Gasteiger partial charge on any atom is 0.232 e. The molecule has 0 fully saturated rings. The summed E-state index contributed by atoms with van der Waals surface area (Å²) in [7, 11) is 1.59. The Labute approximate surface area is 181 Å². The lowest BCUT2D eigenvalue weighted by molar-refractivity contribution is -0.118. The van der Waals surface area contributed by atoms with Gasteiger partial charge < -0.3 is 10.5 Å². The van der Waals surface area contributed by atoms with Crippen LogP contribution in [0.25, 0.3) is 10.2 Å². The molecule has 0 bridgehead atoms. The number of carbonyl (C=O) groups excluding carboxylic acids is 1. The number of benzene rings is 2. The quantitative estimate of drug-likeness (QED) is 0.360. The van der Waals surface area contributed by atoms with E-state index in [0.29, 0.717) is 17.2 Å². The van der Waals surface area contributed by atoms with Crippen LogP contribution in [-0.4, -0.2) is 41.4 Å². The second-order valence-corrected chi connectivity index (χ2v) is 8.50. The molecule has 0 spiro atoms. The maximum absolute atomic E-state index is 12.1. The minimum Gasteiger partial charge on any atom is -0.497 e. The van der Waals surface area contributed by atoms with Crippen LogP contribution in [-0.2, 0) is 4.79 Å². The van der Waals surface area contributed by atoms with Gasteiger partial charge in [-0.25, -0.2) is 15.0 Å². The molecule has 3 N–H and O–H groups in total. The Balaban J connectivity index is 1.46. The Morgan fingerprint density at radius 1 is 1.27 bits per heavy atom. The van der Waals surface area contributed by atoms with Gasteiger partial charge in [0.15, 0.2) is 4.34 Å². The molecule has 10 heteroatoms. The second kappa shape index (κ2) is 9.06. The highest BCUT2D eigenvalue weighted by atomic mass is 32.2. The minimum absolute atomic E-state index is 0.000655. The van der Waals surface area contributed by atoms with Crippen molar-refractivity contribution >= 4 is 62.5 Å². The van der Waals surface area contributed by atoms with Gasteiger partial charge in [0, 0.05) is 11.5 Å². The van der Waals surface area contributed by atoms with Crippen LogP contribution >= 0.6 is 23.1 Å². The van der Waals surface area contributed by atoms with E-state index >= 15 is 0 Å². The van der Waals surface area contributed by atoms with Gasteiger partial charge in [-0.05, 0) is 36.4 Å². The first-order valence-electron chi connectivity index (χ1n) is 9.00. The van der Waals surface area contributed by atoms with Crippen molar-refractivity contribution in [2.45, 2.75) is 10.8 Å². The van der Waals surface area contributed by atoms with Crippen molar-refractivity contribution in [1.29, 1.82) is 0 Å². The van der Waals surface area contributed by atoms with Crippen molar-refractivity contribution in [3.63, 3.8) is 0 Å². The van der Waals surface area contributed by atoms with Gasteiger partial charge in [-0.2, -0.15) is 4.99 Å². The molecule has 0 aliphatic carbocycles. The summed E-state index contributed by atoms with van der Waals surface area (Å²) in [6.07, 6.45) is 0.215. The molecule has 0 saturated carbocycles. The lowest BCUT2D eigenvalue weighted by Gasteiger charge is -2.13. The average Bonchev–Trinajstić information content (AvgIpc) is 3.15. The number of hydrogen-bond donors (Lipinski definition) is 2. The number of thiazole rings is 1. The number of aromatic nitrogens is 1. The van der Waals surface area contributed by atoms with Crippen molar-refractivity contribution in [2.24, 2.45) is 20.7 Å². The number of carbonyl (C=O) groups is 1. The van der Waals surface area contributed by atoms with Gasteiger partial charge in [0.05, 0.1) is 29.4 Å². The number of para-hydroxylation sites is 1.